The minimum Gasteiger partial charge on any atom is -0.313 e. The fraction of sp³-hybridized carbons (Fsp3) is 0.550. The fourth-order valence-electron chi connectivity index (χ4n) is 2.76. The zero-order valence-corrected chi connectivity index (χ0v) is 17.6. The Bertz CT molecular complexity index is 860. The molecule has 0 radical (unpaired) electrons. The van der Waals surface area contributed by atoms with E-state index in [4.69, 9.17) is 0 Å². The molecule has 2 rings (SSSR count). The van der Waals surface area contributed by atoms with Gasteiger partial charge in [0.15, 0.2) is 0 Å². The summed E-state index contributed by atoms with van der Waals surface area (Å²) in [6, 6.07) is 6.43. The van der Waals surface area contributed by atoms with E-state index in [1.54, 1.807) is 42.8 Å². The molecule has 0 saturated heterocycles. The van der Waals surface area contributed by atoms with Gasteiger partial charge in [-0.25, -0.2) is 17.8 Å². The van der Waals surface area contributed by atoms with Crippen molar-refractivity contribution in [3.05, 3.63) is 47.5 Å². The second kappa shape index (κ2) is 8.97. The molecule has 0 aliphatic rings. The number of hydrogen-bond acceptors (Lipinski definition) is 4. The van der Waals surface area contributed by atoms with Gasteiger partial charge in [0.1, 0.15) is 5.82 Å². The summed E-state index contributed by atoms with van der Waals surface area (Å²) >= 11 is 0. The first-order valence-corrected chi connectivity index (χ1v) is 10.9. The molecule has 1 heterocycles. The Hall–Kier alpha value is -1.73. The zero-order chi connectivity index (χ0) is 20.2. The molecule has 0 amide bonds. The van der Waals surface area contributed by atoms with Crippen molar-refractivity contribution in [3.8, 4) is 0 Å². The predicted molar refractivity (Wildman–Crippen MR) is 106 cm³/mol. The molecule has 27 heavy (non-hydrogen) atoms. The molecule has 1 aromatic heterocycles. The molecular formula is C20H30FN3O2S. The molecule has 2 aromatic rings. The second-order valence-electron chi connectivity index (χ2n) is 7.72. The van der Waals surface area contributed by atoms with Crippen LogP contribution in [0.5, 0.6) is 0 Å². The van der Waals surface area contributed by atoms with Gasteiger partial charge in [0, 0.05) is 12.1 Å². The molecule has 0 atom stereocenters. The van der Waals surface area contributed by atoms with Crippen LogP contribution in [0.4, 0.5) is 4.39 Å². The van der Waals surface area contributed by atoms with Gasteiger partial charge in [-0.05, 0) is 45.8 Å². The molecule has 0 spiro atoms. The predicted octanol–water partition coefficient (Wildman–Crippen LogP) is 3.73. The van der Waals surface area contributed by atoms with Crippen molar-refractivity contribution >= 4 is 9.84 Å². The van der Waals surface area contributed by atoms with Crippen molar-refractivity contribution in [2.45, 2.75) is 57.6 Å². The second-order valence-corrected chi connectivity index (χ2v) is 10.1. The Labute approximate surface area is 162 Å². The summed E-state index contributed by atoms with van der Waals surface area (Å²) in [4.78, 5) is 6.35. The first-order valence-electron chi connectivity index (χ1n) is 9.33. The summed E-state index contributed by atoms with van der Waals surface area (Å²) in [5.41, 5.74) is 1.21. The van der Waals surface area contributed by atoms with E-state index >= 15 is 0 Å². The topological polar surface area (TPSA) is 55.2 Å². The van der Waals surface area contributed by atoms with E-state index in [1.165, 1.54) is 6.07 Å². The fourth-order valence-corrected chi connectivity index (χ4v) is 3.87. The summed E-state index contributed by atoms with van der Waals surface area (Å²) in [6.45, 7) is 9.20. The van der Waals surface area contributed by atoms with E-state index in [1.807, 2.05) is 7.05 Å². The van der Waals surface area contributed by atoms with Crippen molar-refractivity contribution in [2.24, 2.45) is 5.92 Å². The van der Waals surface area contributed by atoms with Crippen LogP contribution in [0.1, 0.15) is 45.4 Å². The maximum absolute atomic E-state index is 14.2. The lowest BCUT2D eigenvalue weighted by Gasteiger charge is -2.20. The van der Waals surface area contributed by atoms with E-state index in [-0.39, 0.29) is 17.5 Å². The van der Waals surface area contributed by atoms with E-state index in [2.05, 4.69) is 23.7 Å². The third kappa shape index (κ3) is 5.39. The largest absolute Gasteiger partial charge is 0.313 e. The zero-order valence-electron chi connectivity index (χ0n) is 16.8. The highest BCUT2D eigenvalue weighted by molar-refractivity contribution is 7.91. The molecule has 7 heteroatoms. The van der Waals surface area contributed by atoms with Gasteiger partial charge < -0.3 is 9.47 Å². The van der Waals surface area contributed by atoms with Crippen molar-refractivity contribution < 1.29 is 12.8 Å². The van der Waals surface area contributed by atoms with Crippen LogP contribution in [0.3, 0.4) is 0 Å². The van der Waals surface area contributed by atoms with E-state index in [9.17, 15) is 12.8 Å². The summed E-state index contributed by atoms with van der Waals surface area (Å²) in [7, 11) is -1.57. The van der Waals surface area contributed by atoms with Gasteiger partial charge in [0.2, 0.25) is 15.0 Å². The number of hydrogen-bond donors (Lipinski definition) is 0. The number of rotatable bonds is 9. The first kappa shape index (κ1) is 21.6. The van der Waals surface area contributed by atoms with Crippen molar-refractivity contribution in [1.29, 1.82) is 0 Å². The molecule has 0 aliphatic heterocycles. The van der Waals surface area contributed by atoms with Gasteiger partial charge in [-0.2, -0.15) is 0 Å². The molecule has 0 fully saturated rings. The van der Waals surface area contributed by atoms with Gasteiger partial charge in [0.05, 0.1) is 23.7 Å². The highest BCUT2D eigenvalue weighted by atomic mass is 32.2. The third-order valence-corrected chi connectivity index (χ3v) is 6.66. The Kier molecular flexibility index (Phi) is 7.17. The Morgan fingerprint density at radius 3 is 2.44 bits per heavy atom. The first-order chi connectivity index (χ1) is 12.6. The van der Waals surface area contributed by atoms with E-state index in [0.29, 0.717) is 18.0 Å². The summed E-state index contributed by atoms with van der Waals surface area (Å²) < 4.78 is 41.3. The molecule has 0 N–H and O–H groups in total. The summed E-state index contributed by atoms with van der Waals surface area (Å²) in [5.74, 6) is 0.242. The normalized spacial score (nSPS) is 12.5. The van der Waals surface area contributed by atoms with Crippen molar-refractivity contribution in [3.63, 3.8) is 0 Å². The van der Waals surface area contributed by atoms with Crippen LogP contribution in [0, 0.1) is 11.7 Å². The van der Waals surface area contributed by atoms with E-state index in [0.717, 1.165) is 18.7 Å². The lowest BCUT2D eigenvalue weighted by molar-refractivity contribution is 0.295. The number of imidazole rings is 1. The SMILES string of the molecule is CC(C)CCN(C)Cc1cnc(S(=O)(=O)C(C)C)n1Cc1ccccc1F. The average Bonchev–Trinajstić information content (AvgIpc) is 2.98. The lowest BCUT2D eigenvalue weighted by atomic mass is 10.1. The lowest BCUT2D eigenvalue weighted by Crippen LogP contribution is -2.24. The minimum absolute atomic E-state index is 0.00742. The molecule has 1 aromatic carbocycles. The molecule has 0 unspecified atom stereocenters. The third-order valence-electron chi connectivity index (χ3n) is 4.58. The van der Waals surface area contributed by atoms with Crippen LogP contribution in [-0.4, -0.2) is 41.7 Å². The highest BCUT2D eigenvalue weighted by Crippen LogP contribution is 2.21. The quantitative estimate of drug-likeness (QED) is 0.649. The van der Waals surface area contributed by atoms with Gasteiger partial charge in [0.25, 0.3) is 0 Å². The van der Waals surface area contributed by atoms with Crippen molar-refractivity contribution in [1.82, 2.24) is 14.5 Å². The van der Waals surface area contributed by atoms with Crippen LogP contribution in [0.2, 0.25) is 0 Å². The monoisotopic (exact) mass is 395 g/mol. The molecule has 0 aliphatic carbocycles. The maximum Gasteiger partial charge on any atom is 0.228 e. The van der Waals surface area contributed by atoms with Gasteiger partial charge in [-0.1, -0.05) is 32.0 Å². The molecular weight excluding hydrogens is 365 g/mol. The number of aromatic nitrogens is 2. The number of nitrogens with zero attached hydrogens (tertiary/aromatic N) is 3. The van der Waals surface area contributed by atoms with Crippen LogP contribution in [0.15, 0.2) is 35.6 Å². The molecule has 5 nitrogen and oxygen atoms in total. The Morgan fingerprint density at radius 1 is 1.19 bits per heavy atom. The minimum atomic E-state index is -3.57. The van der Waals surface area contributed by atoms with Gasteiger partial charge in [-0.15, -0.1) is 0 Å². The van der Waals surface area contributed by atoms with E-state index < -0.39 is 15.1 Å². The molecule has 150 valence electrons. The van der Waals surface area contributed by atoms with Crippen LogP contribution >= 0.6 is 0 Å². The number of halogens is 1. The standard InChI is InChI=1S/C20H30FN3O2S/c1-15(2)10-11-23(5)14-18-12-22-20(27(25,26)16(3)4)24(18)13-17-8-6-7-9-19(17)21/h6-9,12,15-16H,10-11,13-14H2,1-5H3. The van der Waals surface area contributed by atoms with Gasteiger partial charge >= 0.3 is 0 Å². The Morgan fingerprint density at radius 2 is 1.85 bits per heavy atom. The summed E-state index contributed by atoms with van der Waals surface area (Å²) in [6.07, 6.45) is 2.65. The average molecular weight is 396 g/mol. The van der Waals surface area contributed by atoms with Crippen LogP contribution in [-0.2, 0) is 22.9 Å². The number of sulfone groups is 1. The van der Waals surface area contributed by atoms with Crippen LogP contribution in [0.25, 0.3) is 0 Å². The summed E-state index contributed by atoms with van der Waals surface area (Å²) in [5, 5.41) is -0.584. The van der Waals surface area contributed by atoms with Crippen molar-refractivity contribution in [2.75, 3.05) is 13.6 Å². The number of benzene rings is 1. The van der Waals surface area contributed by atoms with Gasteiger partial charge in [-0.3, -0.25) is 0 Å². The molecule has 0 bridgehead atoms. The Balaban J connectivity index is 2.39. The maximum atomic E-state index is 14.2. The smallest absolute Gasteiger partial charge is 0.228 e. The van der Waals surface area contributed by atoms with Crippen LogP contribution < -0.4 is 0 Å². The molecule has 0 saturated carbocycles. The highest BCUT2D eigenvalue weighted by Gasteiger charge is 2.27.